The molecule has 0 unspecified atom stereocenters. The van der Waals surface area contributed by atoms with Crippen LogP contribution in [0.2, 0.25) is 0 Å². The first kappa shape index (κ1) is 15.7. The fraction of sp³-hybridized carbons (Fsp3) is 0.143. The summed E-state index contributed by atoms with van der Waals surface area (Å²) < 4.78 is 19.2. The van der Waals surface area contributed by atoms with Crippen molar-refractivity contribution in [1.29, 1.82) is 0 Å². The Morgan fingerprint density at radius 1 is 1.24 bits per heavy atom. The summed E-state index contributed by atoms with van der Waals surface area (Å²) in [5.41, 5.74) is 0.878. The Morgan fingerprint density at radius 3 is 2.67 bits per heavy atom. The van der Waals surface area contributed by atoms with E-state index >= 15 is 0 Å². The molecule has 0 amide bonds. The van der Waals surface area contributed by atoms with E-state index in [0.29, 0.717) is 21.3 Å². The first-order valence-corrected chi connectivity index (χ1v) is 7.24. The Hall–Kier alpha value is -1.66. The lowest BCUT2D eigenvalue weighted by Gasteiger charge is -2.10. The van der Waals surface area contributed by atoms with E-state index in [1.807, 2.05) is 0 Å². The molecule has 0 bridgehead atoms. The van der Waals surface area contributed by atoms with Crippen LogP contribution in [0.1, 0.15) is 11.1 Å². The third kappa shape index (κ3) is 3.92. The molecule has 21 heavy (non-hydrogen) atoms. The molecule has 2 aromatic carbocycles. The molecule has 0 aliphatic carbocycles. The lowest BCUT2D eigenvalue weighted by Crippen LogP contribution is -2.02. The number of hydrogen-bond acceptors (Lipinski definition) is 3. The van der Waals surface area contributed by atoms with Crippen LogP contribution >= 0.6 is 27.5 Å². The number of nitro groups is 1. The van der Waals surface area contributed by atoms with E-state index in [0.717, 1.165) is 0 Å². The van der Waals surface area contributed by atoms with Gasteiger partial charge in [0, 0.05) is 16.1 Å². The Balaban J connectivity index is 2.22. The summed E-state index contributed by atoms with van der Waals surface area (Å²) >= 11 is 8.91. The van der Waals surface area contributed by atoms with Crippen LogP contribution in [0.25, 0.3) is 0 Å². The SMILES string of the molecule is O=[N+]([O-])c1cc(Br)ccc1COc1ccc(F)cc1CCl. The van der Waals surface area contributed by atoms with Gasteiger partial charge in [-0.3, -0.25) is 10.1 Å². The molecule has 7 heteroatoms. The first-order valence-electron chi connectivity index (χ1n) is 5.91. The van der Waals surface area contributed by atoms with Crippen molar-refractivity contribution in [2.75, 3.05) is 0 Å². The molecule has 0 N–H and O–H groups in total. The van der Waals surface area contributed by atoms with Crippen molar-refractivity contribution in [3.63, 3.8) is 0 Å². The fourth-order valence-corrected chi connectivity index (χ4v) is 2.34. The molecule has 0 atom stereocenters. The molecule has 2 rings (SSSR count). The van der Waals surface area contributed by atoms with Crippen LogP contribution in [0.3, 0.4) is 0 Å². The largest absolute Gasteiger partial charge is 0.488 e. The highest BCUT2D eigenvalue weighted by molar-refractivity contribution is 9.10. The smallest absolute Gasteiger partial charge is 0.277 e. The van der Waals surface area contributed by atoms with Crippen molar-refractivity contribution in [1.82, 2.24) is 0 Å². The van der Waals surface area contributed by atoms with Crippen LogP contribution in [-0.2, 0) is 12.5 Å². The van der Waals surface area contributed by atoms with Crippen molar-refractivity contribution in [3.8, 4) is 5.75 Å². The average molecular weight is 375 g/mol. The molecule has 110 valence electrons. The molecule has 2 aromatic rings. The summed E-state index contributed by atoms with van der Waals surface area (Å²) in [5.74, 6) is 0.0893. The topological polar surface area (TPSA) is 52.4 Å². The summed E-state index contributed by atoms with van der Waals surface area (Å²) in [7, 11) is 0. The van der Waals surface area contributed by atoms with Crippen LogP contribution in [0.15, 0.2) is 40.9 Å². The molecule has 0 spiro atoms. The van der Waals surface area contributed by atoms with E-state index in [9.17, 15) is 14.5 Å². The monoisotopic (exact) mass is 373 g/mol. The minimum absolute atomic E-state index is 0.000878. The lowest BCUT2D eigenvalue weighted by molar-refractivity contribution is -0.385. The summed E-state index contributed by atoms with van der Waals surface area (Å²) in [4.78, 5) is 10.5. The summed E-state index contributed by atoms with van der Waals surface area (Å²) in [6.07, 6.45) is 0. The third-order valence-electron chi connectivity index (χ3n) is 2.79. The second-order valence-corrected chi connectivity index (χ2v) is 5.39. The number of benzene rings is 2. The predicted molar refractivity (Wildman–Crippen MR) is 81.1 cm³/mol. The van der Waals surface area contributed by atoms with Gasteiger partial charge in [-0.1, -0.05) is 15.9 Å². The number of alkyl halides is 1. The molecule has 0 saturated heterocycles. The molecule has 0 saturated carbocycles. The number of nitro benzene ring substituents is 1. The van der Waals surface area contributed by atoms with Gasteiger partial charge in [0.25, 0.3) is 5.69 Å². The van der Waals surface area contributed by atoms with Gasteiger partial charge in [0.15, 0.2) is 0 Å². The molecule has 0 fully saturated rings. The van der Waals surface area contributed by atoms with Gasteiger partial charge < -0.3 is 4.74 Å². The van der Waals surface area contributed by atoms with Gasteiger partial charge in [0.1, 0.15) is 18.2 Å². The molecule has 0 radical (unpaired) electrons. The van der Waals surface area contributed by atoms with E-state index in [-0.39, 0.29) is 18.2 Å². The Bertz CT molecular complexity index is 681. The number of hydrogen-bond donors (Lipinski definition) is 0. The fourth-order valence-electron chi connectivity index (χ4n) is 1.78. The lowest BCUT2D eigenvalue weighted by atomic mass is 10.2. The van der Waals surface area contributed by atoms with Gasteiger partial charge in [-0.2, -0.15) is 0 Å². The predicted octanol–water partition coefficient (Wildman–Crippen LogP) is 4.81. The molecule has 0 heterocycles. The van der Waals surface area contributed by atoms with E-state index in [2.05, 4.69) is 15.9 Å². The zero-order valence-electron chi connectivity index (χ0n) is 10.7. The zero-order chi connectivity index (χ0) is 15.4. The highest BCUT2D eigenvalue weighted by Gasteiger charge is 2.15. The van der Waals surface area contributed by atoms with E-state index in [1.54, 1.807) is 12.1 Å². The minimum Gasteiger partial charge on any atom is -0.488 e. The van der Waals surface area contributed by atoms with Gasteiger partial charge in [-0.25, -0.2) is 4.39 Å². The third-order valence-corrected chi connectivity index (χ3v) is 3.57. The van der Waals surface area contributed by atoms with Gasteiger partial charge in [0.2, 0.25) is 0 Å². The van der Waals surface area contributed by atoms with Gasteiger partial charge in [0.05, 0.1) is 16.4 Å². The van der Waals surface area contributed by atoms with Gasteiger partial charge >= 0.3 is 0 Å². The number of rotatable bonds is 5. The maximum Gasteiger partial charge on any atom is 0.277 e. The van der Waals surface area contributed by atoms with Crippen LogP contribution in [0.4, 0.5) is 10.1 Å². The van der Waals surface area contributed by atoms with Crippen molar-refractivity contribution >= 4 is 33.2 Å². The first-order chi connectivity index (χ1) is 10.0. The summed E-state index contributed by atoms with van der Waals surface area (Å²) in [5, 5.41) is 11.0. The quantitative estimate of drug-likeness (QED) is 0.428. The summed E-state index contributed by atoms with van der Waals surface area (Å²) in [6, 6.07) is 8.69. The van der Waals surface area contributed by atoms with E-state index in [4.69, 9.17) is 16.3 Å². The zero-order valence-corrected chi connectivity index (χ0v) is 13.0. The summed E-state index contributed by atoms with van der Waals surface area (Å²) in [6.45, 7) is -0.000878. The molecular weight excluding hydrogens is 365 g/mol. The van der Waals surface area contributed by atoms with Crippen molar-refractivity contribution in [2.45, 2.75) is 12.5 Å². The standard InChI is InChI=1S/C14H10BrClFNO3/c15-11-2-1-9(13(6-11)18(19)20)8-21-14-4-3-12(17)5-10(14)7-16/h1-6H,7-8H2. The van der Waals surface area contributed by atoms with Crippen LogP contribution in [0, 0.1) is 15.9 Å². The molecule has 0 aliphatic rings. The van der Waals surface area contributed by atoms with E-state index in [1.165, 1.54) is 24.3 Å². The molecular formula is C14H10BrClFNO3. The second kappa shape index (κ2) is 6.87. The highest BCUT2D eigenvalue weighted by Crippen LogP contribution is 2.27. The van der Waals surface area contributed by atoms with Crippen LogP contribution in [-0.4, -0.2) is 4.92 Å². The maximum atomic E-state index is 13.1. The number of nitrogens with zero attached hydrogens (tertiary/aromatic N) is 1. The highest BCUT2D eigenvalue weighted by atomic mass is 79.9. The van der Waals surface area contributed by atoms with Gasteiger partial charge in [-0.05, 0) is 30.3 Å². The van der Waals surface area contributed by atoms with Crippen molar-refractivity contribution in [2.24, 2.45) is 0 Å². The van der Waals surface area contributed by atoms with Crippen LogP contribution < -0.4 is 4.74 Å². The Kier molecular flexibility index (Phi) is 5.14. The molecule has 0 aliphatic heterocycles. The Morgan fingerprint density at radius 2 is 2.00 bits per heavy atom. The van der Waals surface area contributed by atoms with E-state index < -0.39 is 10.7 Å². The second-order valence-electron chi connectivity index (χ2n) is 4.20. The minimum atomic E-state index is -0.476. The number of ether oxygens (including phenoxy) is 1. The molecule has 4 nitrogen and oxygen atoms in total. The van der Waals surface area contributed by atoms with Crippen molar-refractivity contribution < 1.29 is 14.1 Å². The number of halogens is 3. The maximum absolute atomic E-state index is 13.1. The normalized spacial score (nSPS) is 10.4. The molecule has 0 aromatic heterocycles. The van der Waals surface area contributed by atoms with Gasteiger partial charge in [-0.15, -0.1) is 11.6 Å². The Labute approximate surface area is 133 Å². The van der Waals surface area contributed by atoms with Crippen molar-refractivity contribution in [3.05, 3.63) is 67.9 Å². The van der Waals surface area contributed by atoms with Crippen LogP contribution in [0.5, 0.6) is 5.75 Å². The average Bonchev–Trinajstić information content (AvgIpc) is 2.46.